The Kier molecular flexibility index (Phi) is 9.77. The van der Waals surface area contributed by atoms with Crippen LogP contribution in [0.15, 0.2) is 0 Å². The van der Waals surface area contributed by atoms with Gasteiger partial charge in [-0.05, 0) is 25.7 Å². The van der Waals surface area contributed by atoms with Crippen molar-refractivity contribution < 1.29 is 23.8 Å². The molecule has 0 aromatic rings. The van der Waals surface area contributed by atoms with E-state index in [9.17, 15) is 9.59 Å². The molecular formula is C15H28N2O5. The van der Waals surface area contributed by atoms with E-state index in [0.29, 0.717) is 39.5 Å². The lowest BCUT2D eigenvalue weighted by atomic mass is 9.85. The van der Waals surface area contributed by atoms with Crippen LogP contribution in [-0.4, -0.2) is 58.0 Å². The van der Waals surface area contributed by atoms with E-state index in [1.165, 1.54) is 0 Å². The second-order valence-electron chi connectivity index (χ2n) is 5.49. The summed E-state index contributed by atoms with van der Waals surface area (Å²) in [7, 11) is 1.62. The van der Waals surface area contributed by atoms with E-state index in [0.717, 1.165) is 25.7 Å². The van der Waals surface area contributed by atoms with Crippen molar-refractivity contribution in [2.75, 3.05) is 40.1 Å². The Morgan fingerprint density at radius 2 is 1.59 bits per heavy atom. The van der Waals surface area contributed by atoms with Crippen molar-refractivity contribution in [2.45, 2.75) is 38.1 Å². The predicted octanol–water partition coefficient (Wildman–Crippen LogP) is 0.216. The lowest BCUT2D eigenvalue weighted by molar-refractivity contribution is -0.123. The fourth-order valence-corrected chi connectivity index (χ4v) is 2.45. The summed E-state index contributed by atoms with van der Waals surface area (Å²) in [5, 5.41) is 2.98. The van der Waals surface area contributed by atoms with Gasteiger partial charge >= 0.3 is 0 Å². The first kappa shape index (κ1) is 18.9. The molecule has 0 aromatic heterocycles. The molecular weight excluding hydrogens is 288 g/mol. The van der Waals surface area contributed by atoms with Crippen molar-refractivity contribution in [2.24, 2.45) is 11.7 Å². The highest BCUT2D eigenvalue weighted by molar-refractivity contribution is 5.77. The molecule has 1 aliphatic rings. The Labute approximate surface area is 131 Å². The third kappa shape index (κ3) is 8.31. The van der Waals surface area contributed by atoms with Gasteiger partial charge in [-0.2, -0.15) is 0 Å². The van der Waals surface area contributed by atoms with Gasteiger partial charge in [0.2, 0.25) is 11.8 Å². The summed E-state index contributed by atoms with van der Waals surface area (Å²) in [6.07, 6.45) is 3.49. The first-order valence-electron chi connectivity index (χ1n) is 7.86. The number of ether oxygens (including phenoxy) is 3. The molecule has 0 unspecified atom stereocenters. The molecule has 1 fully saturated rings. The minimum Gasteiger partial charge on any atom is -0.382 e. The van der Waals surface area contributed by atoms with E-state index in [2.05, 4.69) is 5.32 Å². The smallest absolute Gasteiger partial charge is 0.222 e. The molecule has 0 saturated heterocycles. The zero-order chi connectivity index (χ0) is 16.2. The molecule has 0 aliphatic heterocycles. The van der Waals surface area contributed by atoms with Crippen LogP contribution in [0.3, 0.4) is 0 Å². The second kappa shape index (κ2) is 11.4. The van der Waals surface area contributed by atoms with E-state index in [1.807, 2.05) is 0 Å². The molecule has 128 valence electrons. The summed E-state index contributed by atoms with van der Waals surface area (Å²) in [6, 6.07) is 0.153. The first-order valence-corrected chi connectivity index (χ1v) is 7.86. The molecule has 0 aromatic carbocycles. The zero-order valence-electron chi connectivity index (χ0n) is 13.3. The van der Waals surface area contributed by atoms with Crippen LogP contribution >= 0.6 is 0 Å². The van der Waals surface area contributed by atoms with E-state index in [-0.39, 0.29) is 23.8 Å². The van der Waals surface area contributed by atoms with Crippen molar-refractivity contribution in [3.63, 3.8) is 0 Å². The minimum absolute atomic E-state index is 0.0113. The van der Waals surface area contributed by atoms with E-state index < -0.39 is 0 Å². The molecule has 7 nitrogen and oxygen atoms in total. The average Bonchev–Trinajstić information content (AvgIpc) is 2.50. The van der Waals surface area contributed by atoms with Gasteiger partial charge in [0.15, 0.2) is 0 Å². The quantitative estimate of drug-likeness (QED) is 0.531. The molecule has 0 spiro atoms. The predicted molar refractivity (Wildman–Crippen MR) is 81.2 cm³/mol. The molecule has 0 heterocycles. The second-order valence-corrected chi connectivity index (χ2v) is 5.49. The van der Waals surface area contributed by atoms with Gasteiger partial charge in [-0.1, -0.05) is 0 Å². The Hall–Kier alpha value is -1.18. The largest absolute Gasteiger partial charge is 0.382 e. The fraction of sp³-hybridized carbons (Fsp3) is 0.867. The summed E-state index contributed by atoms with van der Waals surface area (Å²) < 4.78 is 15.4. The van der Waals surface area contributed by atoms with Crippen molar-refractivity contribution >= 4 is 11.8 Å². The van der Waals surface area contributed by atoms with E-state index in [1.54, 1.807) is 7.11 Å². The van der Waals surface area contributed by atoms with E-state index >= 15 is 0 Å². The van der Waals surface area contributed by atoms with Crippen LogP contribution in [0, 0.1) is 5.92 Å². The molecule has 1 saturated carbocycles. The van der Waals surface area contributed by atoms with Gasteiger partial charge in [-0.15, -0.1) is 0 Å². The molecule has 7 heteroatoms. The third-order valence-electron chi connectivity index (χ3n) is 3.77. The summed E-state index contributed by atoms with van der Waals surface area (Å²) >= 11 is 0. The number of carbonyl (C=O) groups excluding carboxylic acids is 2. The van der Waals surface area contributed by atoms with Crippen LogP contribution in [0.4, 0.5) is 0 Å². The number of methoxy groups -OCH3 is 1. The van der Waals surface area contributed by atoms with Gasteiger partial charge in [0.1, 0.15) is 0 Å². The van der Waals surface area contributed by atoms with Gasteiger partial charge in [0.25, 0.3) is 0 Å². The van der Waals surface area contributed by atoms with Gasteiger partial charge in [-0.25, -0.2) is 0 Å². The summed E-state index contributed by atoms with van der Waals surface area (Å²) in [4.78, 5) is 22.8. The number of amides is 2. The standard InChI is InChI=1S/C15H28N2O5/c1-20-8-9-22-11-10-21-7-6-14(18)17-13-4-2-12(3-5-13)15(16)19/h12-13H,2-11H2,1H3,(H2,16,19)(H,17,18). The van der Waals surface area contributed by atoms with Crippen LogP contribution < -0.4 is 11.1 Å². The van der Waals surface area contributed by atoms with Gasteiger partial charge in [-0.3, -0.25) is 9.59 Å². The van der Waals surface area contributed by atoms with Crippen LogP contribution in [0.2, 0.25) is 0 Å². The van der Waals surface area contributed by atoms with Gasteiger partial charge < -0.3 is 25.3 Å². The van der Waals surface area contributed by atoms with Crippen molar-refractivity contribution in [1.29, 1.82) is 0 Å². The number of carbonyl (C=O) groups is 2. The zero-order valence-corrected chi connectivity index (χ0v) is 13.3. The number of nitrogens with one attached hydrogen (secondary N) is 1. The molecule has 0 bridgehead atoms. The molecule has 3 N–H and O–H groups in total. The highest BCUT2D eigenvalue weighted by atomic mass is 16.5. The monoisotopic (exact) mass is 316 g/mol. The lowest BCUT2D eigenvalue weighted by Gasteiger charge is -2.27. The van der Waals surface area contributed by atoms with Crippen LogP contribution in [-0.2, 0) is 23.8 Å². The van der Waals surface area contributed by atoms with Crippen molar-refractivity contribution in [1.82, 2.24) is 5.32 Å². The maximum absolute atomic E-state index is 11.8. The SMILES string of the molecule is COCCOCCOCCC(=O)NC1CCC(C(N)=O)CC1. The van der Waals surface area contributed by atoms with Gasteiger partial charge in [0.05, 0.1) is 33.0 Å². The van der Waals surface area contributed by atoms with Crippen molar-refractivity contribution in [3.05, 3.63) is 0 Å². The number of rotatable bonds is 11. The number of nitrogens with two attached hydrogens (primary N) is 1. The average molecular weight is 316 g/mol. The molecule has 22 heavy (non-hydrogen) atoms. The highest BCUT2D eigenvalue weighted by Gasteiger charge is 2.25. The minimum atomic E-state index is -0.231. The fourth-order valence-electron chi connectivity index (χ4n) is 2.45. The summed E-state index contributed by atoms with van der Waals surface area (Å²) in [5.41, 5.74) is 5.29. The highest BCUT2D eigenvalue weighted by Crippen LogP contribution is 2.23. The molecule has 0 radical (unpaired) electrons. The Bertz CT molecular complexity index is 330. The molecule has 1 aliphatic carbocycles. The number of hydrogen-bond acceptors (Lipinski definition) is 5. The summed E-state index contributed by atoms with van der Waals surface area (Å²) in [6.45, 7) is 2.48. The van der Waals surface area contributed by atoms with Crippen LogP contribution in [0.5, 0.6) is 0 Å². The maximum Gasteiger partial charge on any atom is 0.222 e. The molecule has 1 rings (SSSR count). The summed E-state index contributed by atoms with van der Waals surface area (Å²) in [5.74, 6) is -0.275. The van der Waals surface area contributed by atoms with Crippen LogP contribution in [0.1, 0.15) is 32.1 Å². The molecule has 0 atom stereocenters. The maximum atomic E-state index is 11.8. The number of hydrogen-bond donors (Lipinski definition) is 2. The third-order valence-corrected chi connectivity index (χ3v) is 3.77. The Morgan fingerprint density at radius 1 is 1.00 bits per heavy atom. The van der Waals surface area contributed by atoms with Crippen LogP contribution in [0.25, 0.3) is 0 Å². The van der Waals surface area contributed by atoms with E-state index in [4.69, 9.17) is 19.9 Å². The Morgan fingerprint density at radius 3 is 2.18 bits per heavy atom. The first-order chi connectivity index (χ1) is 10.6. The van der Waals surface area contributed by atoms with Crippen molar-refractivity contribution in [3.8, 4) is 0 Å². The topological polar surface area (TPSA) is 99.9 Å². The molecule has 2 amide bonds. The number of primary amides is 1. The Balaban J connectivity index is 1.97. The van der Waals surface area contributed by atoms with Gasteiger partial charge in [0, 0.05) is 25.5 Å². The normalized spacial score (nSPS) is 21.5. The lowest BCUT2D eigenvalue weighted by Crippen LogP contribution is -2.40.